The molecule has 18 heavy (non-hydrogen) atoms. The molecule has 0 aliphatic carbocycles. The van der Waals surface area contributed by atoms with Crippen molar-refractivity contribution in [1.29, 1.82) is 0 Å². The fourth-order valence-corrected chi connectivity index (χ4v) is 1.75. The van der Waals surface area contributed by atoms with E-state index in [1.54, 1.807) is 0 Å². The zero-order valence-electron chi connectivity index (χ0n) is 13.4. The fraction of sp³-hybridized carbons (Fsp3) is 0.875. The van der Waals surface area contributed by atoms with Gasteiger partial charge in [0.1, 0.15) is 0 Å². The third kappa shape index (κ3) is 9.67. The molecule has 0 aromatic carbocycles. The summed E-state index contributed by atoms with van der Waals surface area (Å²) in [5, 5.41) is 0. The molecule has 0 amide bonds. The molecule has 2 heteroatoms. The lowest BCUT2D eigenvalue weighted by molar-refractivity contribution is -0.0684. The normalized spacial score (nSPS) is 12.6. The smallest absolute Gasteiger partial charge is 0.0657 e. The van der Waals surface area contributed by atoms with Crippen molar-refractivity contribution in [3.63, 3.8) is 0 Å². The Labute approximate surface area is 114 Å². The standard InChI is InChI=1S/C16H32O2/c1-8-10-15(4,5)18-13-11-16(6,7)17-12-9-14(2)3/h9H,8,10-13H2,1-7H3. The van der Waals surface area contributed by atoms with Crippen molar-refractivity contribution in [2.45, 2.75) is 78.9 Å². The van der Waals surface area contributed by atoms with Crippen LogP contribution in [0.5, 0.6) is 0 Å². The van der Waals surface area contributed by atoms with Crippen molar-refractivity contribution in [2.24, 2.45) is 0 Å². The maximum Gasteiger partial charge on any atom is 0.0657 e. The zero-order chi connectivity index (χ0) is 14.2. The van der Waals surface area contributed by atoms with Gasteiger partial charge in [-0.3, -0.25) is 0 Å². The molecule has 0 aliphatic heterocycles. The van der Waals surface area contributed by atoms with Gasteiger partial charge in [0, 0.05) is 0 Å². The number of rotatable bonds is 9. The Balaban J connectivity index is 3.93. The van der Waals surface area contributed by atoms with E-state index in [2.05, 4.69) is 54.5 Å². The summed E-state index contributed by atoms with van der Waals surface area (Å²) in [6.07, 6.45) is 5.31. The van der Waals surface area contributed by atoms with E-state index in [0.29, 0.717) is 6.61 Å². The summed E-state index contributed by atoms with van der Waals surface area (Å²) in [6.45, 7) is 16.4. The molecule has 0 rings (SSSR count). The average Bonchev–Trinajstić information content (AvgIpc) is 2.15. The lowest BCUT2D eigenvalue weighted by atomic mass is 10.0. The third-order valence-corrected chi connectivity index (χ3v) is 3.01. The van der Waals surface area contributed by atoms with Crippen LogP contribution >= 0.6 is 0 Å². The van der Waals surface area contributed by atoms with E-state index in [1.807, 2.05) is 0 Å². The van der Waals surface area contributed by atoms with E-state index >= 15 is 0 Å². The van der Waals surface area contributed by atoms with Crippen molar-refractivity contribution in [1.82, 2.24) is 0 Å². The summed E-state index contributed by atoms with van der Waals surface area (Å²) in [4.78, 5) is 0. The molecule has 108 valence electrons. The quantitative estimate of drug-likeness (QED) is 0.555. The molecule has 0 aromatic rings. The Morgan fingerprint density at radius 2 is 1.50 bits per heavy atom. The minimum Gasteiger partial charge on any atom is -0.375 e. The highest BCUT2D eigenvalue weighted by Crippen LogP contribution is 2.20. The third-order valence-electron chi connectivity index (χ3n) is 3.01. The maximum absolute atomic E-state index is 5.94. The largest absolute Gasteiger partial charge is 0.375 e. The first-order chi connectivity index (χ1) is 8.18. The second-order valence-corrected chi connectivity index (χ2v) is 6.46. The van der Waals surface area contributed by atoms with Crippen molar-refractivity contribution in [2.75, 3.05) is 13.2 Å². The van der Waals surface area contributed by atoms with E-state index in [4.69, 9.17) is 9.47 Å². The topological polar surface area (TPSA) is 18.5 Å². The number of ether oxygens (including phenoxy) is 2. The summed E-state index contributed by atoms with van der Waals surface area (Å²) in [7, 11) is 0. The second kappa shape index (κ2) is 7.96. The Hall–Kier alpha value is -0.340. The highest BCUT2D eigenvalue weighted by Gasteiger charge is 2.21. The fourth-order valence-electron chi connectivity index (χ4n) is 1.75. The van der Waals surface area contributed by atoms with E-state index in [-0.39, 0.29) is 11.2 Å². The van der Waals surface area contributed by atoms with E-state index < -0.39 is 0 Å². The molecule has 2 nitrogen and oxygen atoms in total. The molecule has 0 aromatic heterocycles. The first kappa shape index (κ1) is 17.7. The van der Waals surface area contributed by atoms with Crippen LogP contribution < -0.4 is 0 Å². The molecular formula is C16H32O2. The van der Waals surface area contributed by atoms with E-state index in [1.165, 1.54) is 5.57 Å². The SMILES string of the molecule is CCCC(C)(C)OCCC(C)(C)OCC=C(C)C. The van der Waals surface area contributed by atoms with Crippen LogP contribution in [-0.2, 0) is 9.47 Å². The zero-order valence-corrected chi connectivity index (χ0v) is 13.4. The van der Waals surface area contributed by atoms with Crippen molar-refractivity contribution >= 4 is 0 Å². The number of hydrogen-bond acceptors (Lipinski definition) is 2. The van der Waals surface area contributed by atoms with Crippen LogP contribution in [0.25, 0.3) is 0 Å². The van der Waals surface area contributed by atoms with E-state index in [0.717, 1.165) is 25.9 Å². The van der Waals surface area contributed by atoms with E-state index in [9.17, 15) is 0 Å². The summed E-state index contributed by atoms with van der Waals surface area (Å²) < 4.78 is 11.8. The highest BCUT2D eigenvalue weighted by atomic mass is 16.5. The molecule has 0 heterocycles. The van der Waals surface area contributed by atoms with Crippen LogP contribution in [0.2, 0.25) is 0 Å². The van der Waals surface area contributed by atoms with Crippen LogP contribution in [0.1, 0.15) is 67.7 Å². The summed E-state index contributed by atoms with van der Waals surface area (Å²) in [5.41, 5.74) is 1.17. The minimum atomic E-state index is -0.117. The Kier molecular flexibility index (Phi) is 7.81. The van der Waals surface area contributed by atoms with Gasteiger partial charge in [0.05, 0.1) is 24.4 Å². The molecule has 0 saturated heterocycles. The minimum absolute atomic E-state index is 0.00919. The molecule has 0 fully saturated rings. The van der Waals surface area contributed by atoms with Gasteiger partial charge in [-0.1, -0.05) is 25.0 Å². The molecule has 0 bridgehead atoms. The van der Waals surface area contributed by atoms with Gasteiger partial charge >= 0.3 is 0 Å². The monoisotopic (exact) mass is 256 g/mol. The van der Waals surface area contributed by atoms with Crippen LogP contribution in [-0.4, -0.2) is 24.4 Å². The van der Waals surface area contributed by atoms with Gasteiger partial charge in [-0.2, -0.15) is 0 Å². The predicted octanol–water partition coefficient (Wildman–Crippen LogP) is 4.73. The van der Waals surface area contributed by atoms with Gasteiger partial charge in [0.2, 0.25) is 0 Å². The molecule has 0 N–H and O–H groups in total. The summed E-state index contributed by atoms with van der Waals surface area (Å²) in [6, 6.07) is 0. The molecule has 0 spiro atoms. The van der Waals surface area contributed by atoms with Gasteiger partial charge in [-0.15, -0.1) is 0 Å². The molecule has 0 aliphatic rings. The first-order valence-corrected chi connectivity index (χ1v) is 7.10. The van der Waals surface area contributed by atoms with Gasteiger partial charge in [0.25, 0.3) is 0 Å². The molecule has 0 saturated carbocycles. The van der Waals surface area contributed by atoms with Gasteiger partial charge in [-0.05, 0) is 54.4 Å². The Morgan fingerprint density at radius 3 is 2.00 bits per heavy atom. The van der Waals surface area contributed by atoms with Gasteiger partial charge < -0.3 is 9.47 Å². The Bertz CT molecular complexity index is 248. The highest BCUT2D eigenvalue weighted by molar-refractivity contribution is 4.93. The second-order valence-electron chi connectivity index (χ2n) is 6.46. The predicted molar refractivity (Wildman–Crippen MR) is 79.0 cm³/mol. The number of hydrogen-bond donors (Lipinski definition) is 0. The lowest BCUT2D eigenvalue weighted by Gasteiger charge is -2.29. The Morgan fingerprint density at radius 1 is 0.944 bits per heavy atom. The van der Waals surface area contributed by atoms with Crippen molar-refractivity contribution in [3.05, 3.63) is 11.6 Å². The molecule has 0 radical (unpaired) electrons. The molecular weight excluding hydrogens is 224 g/mol. The van der Waals surface area contributed by atoms with Crippen LogP contribution in [0, 0.1) is 0 Å². The number of allylic oxidation sites excluding steroid dienone is 1. The van der Waals surface area contributed by atoms with Crippen molar-refractivity contribution in [3.8, 4) is 0 Å². The van der Waals surface area contributed by atoms with Gasteiger partial charge in [0.15, 0.2) is 0 Å². The average molecular weight is 256 g/mol. The van der Waals surface area contributed by atoms with Crippen LogP contribution in [0.15, 0.2) is 11.6 Å². The first-order valence-electron chi connectivity index (χ1n) is 7.10. The summed E-state index contributed by atoms with van der Waals surface area (Å²) >= 11 is 0. The van der Waals surface area contributed by atoms with Crippen LogP contribution in [0.4, 0.5) is 0 Å². The van der Waals surface area contributed by atoms with Crippen molar-refractivity contribution < 1.29 is 9.47 Å². The maximum atomic E-state index is 5.94. The van der Waals surface area contributed by atoms with Crippen LogP contribution in [0.3, 0.4) is 0 Å². The lowest BCUT2D eigenvalue weighted by Crippen LogP contribution is -2.30. The summed E-state index contributed by atoms with van der Waals surface area (Å²) in [5.74, 6) is 0. The molecule has 0 unspecified atom stereocenters. The van der Waals surface area contributed by atoms with Gasteiger partial charge in [-0.25, -0.2) is 0 Å². The molecule has 0 atom stereocenters.